The van der Waals surface area contributed by atoms with Crippen LogP contribution in [0.4, 0.5) is 0 Å². The minimum Gasteiger partial charge on any atom is -0.316 e. The van der Waals surface area contributed by atoms with Crippen molar-refractivity contribution in [3.8, 4) is 0 Å². The molecule has 2 N–H and O–H groups in total. The summed E-state index contributed by atoms with van der Waals surface area (Å²) in [6.45, 7) is 5.24. The molecule has 2 rings (SSSR count). The molecule has 2 heteroatoms. The molecular weight excluding hydrogens is 160 g/mol. The predicted molar refractivity (Wildman–Crippen MR) is 57.4 cm³/mol. The standard InChI is InChI=1S/C9H18N2.C2H6/c1-11-6-8-4-2-3-7(8)5-9(11)10;1-2/h7-9H,2-6,10H2,1H3;1-2H3. The predicted octanol–water partition coefficient (Wildman–Crippen LogP) is 2.05. The normalized spacial score (nSPS) is 39.2. The summed E-state index contributed by atoms with van der Waals surface area (Å²) in [4.78, 5) is 2.31. The molecule has 13 heavy (non-hydrogen) atoms. The monoisotopic (exact) mass is 184 g/mol. The van der Waals surface area contributed by atoms with E-state index in [0.717, 1.165) is 11.8 Å². The molecule has 0 spiro atoms. The zero-order valence-electron chi connectivity index (χ0n) is 9.29. The van der Waals surface area contributed by atoms with Gasteiger partial charge >= 0.3 is 0 Å². The summed E-state index contributed by atoms with van der Waals surface area (Å²) in [5.74, 6) is 1.93. The number of likely N-dealkylation sites (tertiary alicyclic amines) is 1. The smallest absolute Gasteiger partial charge is 0.0572 e. The van der Waals surface area contributed by atoms with E-state index >= 15 is 0 Å². The Balaban J connectivity index is 0.000000396. The van der Waals surface area contributed by atoms with E-state index in [2.05, 4.69) is 11.9 Å². The second-order valence-corrected chi connectivity index (χ2v) is 4.19. The number of nitrogens with two attached hydrogens (primary N) is 1. The number of piperidine rings is 1. The van der Waals surface area contributed by atoms with Crippen LogP contribution < -0.4 is 5.73 Å². The van der Waals surface area contributed by atoms with Crippen molar-refractivity contribution < 1.29 is 0 Å². The van der Waals surface area contributed by atoms with E-state index in [1.54, 1.807) is 0 Å². The fourth-order valence-electron chi connectivity index (χ4n) is 2.66. The third-order valence-corrected chi connectivity index (χ3v) is 3.45. The first-order chi connectivity index (χ1) is 6.27. The molecule has 0 amide bonds. The average Bonchev–Trinajstić information content (AvgIpc) is 2.56. The van der Waals surface area contributed by atoms with E-state index < -0.39 is 0 Å². The first-order valence-electron chi connectivity index (χ1n) is 5.73. The van der Waals surface area contributed by atoms with Crippen molar-refractivity contribution >= 4 is 0 Å². The van der Waals surface area contributed by atoms with Crippen LogP contribution in [0.25, 0.3) is 0 Å². The minimum atomic E-state index is 0.342. The zero-order valence-corrected chi connectivity index (χ0v) is 9.29. The molecule has 78 valence electrons. The lowest BCUT2D eigenvalue weighted by Gasteiger charge is -2.37. The van der Waals surface area contributed by atoms with Gasteiger partial charge < -0.3 is 5.73 Å². The third kappa shape index (κ3) is 2.44. The quantitative estimate of drug-likeness (QED) is 0.624. The zero-order chi connectivity index (χ0) is 9.84. The SMILES string of the molecule is CC.CN1CC2CCCC2CC1N. The molecule has 1 saturated heterocycles. The molecule has 0 aromatic heterocycles. The highest BCUT2D eigenvalue weighted by molar-refractivity contribution is 4.86. The molecule has 3 unspecified atom stereocenters. The molecule has 1 aliphatic carbocycles. The maximum atomic E-state index is 5.96. The lowest BCUT2D eigenvalue weighted by atomic mass is 9.87. The van der Waals surface area contributed by atoms with Crippen LogP contribution in [0.15, 0.2) is 0 Å². The van der Waals surface area contributed by atoms with Gasteiger partial charge in [0.15, 0.2) is 0 Å². The van der Waals surface area contributed by atoms with Crippen molar-refractivity contribution in [2.45, 2.75) is 45.7 Å². The van der Waals surface area contributed by atoms with Crippen LogP contribution in [0, 0.1) is 11.8 Å². The average molecular weight is 184 g/mol. The summed E-state index contributed by atoms with van der Waals surface area (Å²) in [7, 11) is 2.15. The summed E-state index contributed by atoms with van der Waals surface area (Å²) in [6.07, 6.45) is 5.90. The van der Waals surface area contributed by atoms with Crippen molar-refractivity contribution in [2.75, 3.05) is 13.6 Å². The molecule has 2 fully saturated rings. The Labute approximate surface area is 82.5 Å². The second-order valence-electron chi connectivity index (χ2n) is 4.19. The molecule has 1 saturated carbocycles. The van der Waals surface area contributed by atoms with E-state index in [4.69, 9.17) is 5.73 Å². The summed E-state index contributed by atoms with van der Waals surface area (Å²) in [5.41, 5.74) is 5.96. The van der Waals surface area contributed by atoms with E-state index in [9.17, 15) is 0 Å². The van der Waals surface area contributed by atoms with Gasteiger partial charge in [0.1, 0.15) is 0 Å². The highest BCUT2D eigenvalue weighted by atomic mass is 15.2. The van der Waals surface area contributed by atoms with E-state index in [1.807, 2.05) is 13.8 Å². The van der Waals surface area contributed by atoms with Crippen molar-refractivity contribution in [2.24, 2.45) is 17.6 Å². The fourth-order valence-corrected chi connectivity index (χ4v) is 2.66. The molecule has 3 atom stereocenters. The van der Waals surface area contributed by atoms with Crippen LogP contribution in [-0.2, 0) is 0 Å². The Hall–Kier alpha value is -0.0800. The van der Waals surface area contributed by atoms with Gasteiger partial charge in [0.2, 0.25) is 0 Å². The van der Waals surface area contributed by atoms with Crippen LogP contribution in [0.2, 0.25) is 0 Å². The maximum Gasteiger partial charge on any atom is 0.0572 e. The largest absolute Gasteiger partial charge is 0.316 e. The summed E-state index contributed by atoms with van der Waals surface area (Å²) in [5, 5.41) is 0. The van der Waals surface area contributed by atoms with Gasteiger partial charge in [0.25, 0.3) is 0 Å². The molecule has 0 aromatic rings. The molecule has 0 aromatic carbocycles. The van der Waals surface area contributed by atoms with Crippen molar-refractivity contribution in [1.29, 1.82) is 0 Å². The molecule has 0 bridgehead atoms. The van der Waals surface area contributed by atoms with Crippen molar-refractivity contribution in [3.05, 3.63) is 0 Å². The Bertz CT molecular complexity index is 131. The fraction of sp³-hybridized carbons (Fsp3) is 1.00. The number of hydrogen-bond acceptors (Lipinski definition) is 2. The van der Waals surface area contributed by atoms with Gasteiger partial charge in [-0.25, -0.2) is 0 Å². The lowest BCUT2D eigenvalue weighted by molar-refractivity contribution is 0.105. The molecule has 2 aliphatic rings. The summed E-state index contributed by atoms with van der Waals surface area (Å²) in [6, 6.07) is 0. The summed E-state index contributed by atoms with van der Waals surface area (Å²) < 4.78 is 0. The van der Waals surface area contributed by atoms with Crippen LogP contribution in [0.5, 0.6) is 0 Å². The van der Waals surface area contributed by atoms with Crippen LogP contribution in [-0.4, -0.2) is 24.7 Å². The van der Waals surface area contributed by atoms with Crippen molar-refractivity contribution in [3.63, 3.8) is 0 Å². The van der Waals surface area contributed by atoms with Gasteiger partial charge in [-0.05, 0) is 31.7 Å². The number of nitrogens with zero attached hydrogens (tertiary/aromatic N) is 1. The van der Waals surface area contributed by atoms with Gasteiger partial charge in [-0.3, -0.25) is 4.90 Å². The molecule has 1 heterocycles. The van der Waals surface area contributed by atoms with Gasteiger partial charge in [0, 0.05) is 6.54 Å². The second kappa shape index (κ2) is 4.97. The van der Waals surface area contributed by atoms with Crippen molar-refractivity contribution in [1.82, 2.24) is 4.90 Å². The van der Waals surface area contributed by atoms with Crippen LogP contribution in [0.3, 0.4) is 0 Å². The number of rotatable bonds is 0. The highest BCUT2D eigenvalue weighted by Crippen LogP contribution is 2.38. The van der Waals surface area contributed by atoms with E-state index in [1.165, 1.54) is 32.2 Å². The molecular formula is C11H24N2. The minimum absolute atomic E-state index is 0.342. The Morgan fingerprint density at radius 1 is 1.15 bits per heavy atom. The summed E-state index contributed by atoms with van der Waals surface area (Å²) >= 11 is 0. The van der Waals surface area contributed by atoms with E-state index in [0.29, 0.717) is 6.17 Å². The van der Waals surface area contributed by atoms with Gasteiger partial charge in [0.05, 0.1) is 6.17 Å². The Morgan fingerprint density at radius 3 is 2.46 bits per heavy atom. The van der Waals surface area contributed by atoms with Gasteiger partial charge in [-0.2, -0.15) is 0 Å². The topological polar surface area (TPSA) is 29.3 Å². The lowest BCUT2D eigenvalue weighted by Crippen LogP contribution is -2.48. The molecule has 2 nitrogen and oxygen atoms in total. The van der Waals surface area contributed by atoms with Gasteiger partial charge in [-0.1, -0.05) is 26.7 Å². The Kier molecular flexibility index (Phi) is 4.20. The third-order valence-electron chi connectivity index (χ3n) is 3.45. The first kappa shape index (κ1) is 11.0. The van der Waals surface area contributed by atoms with Crippen LogP contribution in [0.1, 0.15) is 39.5 Å². The maximum absolute atomic E-state index is 5.96. The van der Waals surface area contributed by atoms with E-state index in [-0.39, 0.29) is 0 Å². The first-order valence-corrected chi connectivity index (χ1v) is 5.73. The highest BCUT2D eigenvalue weighted by Gasteiger charge is 2.34. The Morgan fingerprint density at radius 2 is 1.77 bits per heavy atom. The van der Waals surface area contributed by atoms with Gasteiger partial charge in [-0.15, -0.1) is 0 Å². The molecule has 0 radical (unpaired) electrons. The van der Waals surface area contributed by atoms with Crippen LogP contribution >= 0.6 is 0 Å². The molecule has 1 aliphatic heterocycles. The number of fused-ring (bicyclic) bond motifs is 1. The number of hydrogen-bond donors (Lipinski definition) is 1.